The standard InChI is InChI=1S/C18H16ClN3O3S2/c19-16-10-15(27(23,24)22-18-20-11-21-26-18)7-8-17(16)25-14-5-3-13(4-6-14)9-12-1-2-12/h3-8,10-12H,1-2,9H2,(H,20,21,22). The van der Waals surface area contributed by atoms with Gasteiger partial charge in [0.25, 0.3) is 10.0 Å². The van der Waals surface area contributed by atoms with E-state index in [2.05, 4.69) is 14.1 Å². The van der Waals surface area contributed by atoms with Crippen LogP contribution in [0.15, 0.2) is 53.7 Å². The van der Waals surface area contributed by atoms with E-state index in [1.165, 1.54) is 42.9 Å². The molecular weight excluding hydrogens is 406 g/mol. The van der Waals surface area contributed by atoms with Gasteiger partial charge in [-0.2, -0.15) is 4.37 Å². The van der Waals surface area contributed by atoms with Crippen molar-refractivity contribution < 1.29 is 13.2 Å². The molecule has 0 saturated heterocycles. The second-order valence-electron chi connectivity index (χ2n) is 6.34. The Labute approximate surface area is 166 Å². The van der Waals surface area contributed by atoms with Gasteiger partial charge in [-0.05, 0) is 61.1 Å². The number of hydrogen-bond donors (Lipinski definition) is 1. The summed E-state index contributed by atoms with van der Waals surface area (Å²) in [5.74, 6) is 1.87. The number of benzene rings is 2. The van der Waals surface area contributed by atoms with E-state index in [9.17, 15) is 8.42 Å². The van der Waals surface area contributed by atoms with Crippen LogP contribution in [0.3, 0.4) is 0 Å². The number of anilines is 1. The molecule has 0 unspecified atom stereocenters. The van der Waals surface area contributed by atoms with Crippen molar-refractivity contribution in [1.29, 1.82) is 0 Å². The van der Waals surface area contributed by atoms with Crippen LogP contribution in [0.5, 0.6) is 11.5 Å². The van der Waals surface area contributed by atoms with Gasteiger partial charge >= 0.3 is 0 Å². The van der Waals surface area contributed by atoms with Crippen molar-refractivity contribution in [1.82, 2.24) is 9.36 Å². The minimum Gasteiger partial charge on any atom is -0.456 e. The first-order valence-corrected chi connectivity index (χ1v) is 11.0. The van der Waals surface area contributed by atoms with Gasteiger partial charge < -0.3 is 4.74 Å². The Hall–Kier alpha value is -2.16. The second kappa shape index (κ2) is 7.46. The SMILES string of the molecule is O=S(=O)(Nc1ncns1)c1ccc(Oc2ccc(CC3CC3)cc2)c(Cl)c1. The summed E-state index contributed by atoms with van der Waals surface area (Å²) in [7, 11) is -3.79. The molecule has 0 amide bonds. The largest absolute Gasteiger partial charge is 0.456 e. The third-order valence-corrected chi connectivity index (χ3v) is 6.51. The van der Waals surface area contributed by atoms with Crippen LogP contribution in [0.25, 0.3) is 0 Å². The predicted molar refractivity (Wildman–Crippen MR) is 105 cm³/mol. The van der Waals surface area contributed by atoms with E-state index in [4.69, 9.17) is 16.3 Å². The third-order valence-electron chi connectivity index (χ3n) is 4.17. The van der Waals surface area contributed by atoms with Gasteiger partial charge in [0.2, 0.25) is 5.13 Å². The maximum absolute atomic E-state index is 12.4. The fourth-order valence-electron chi connectivity index (χ4n) is 2.60. The van der Waals surface area contributed by atoms with E-state index in [-0.39, 0.29) is 15.0 Å². The molecule has 0 bridgehead atoms. The molecule has 140 valence electrons. The summed E-state index contributed by atoms with van der Waals surface area (Å²) in [5.41, 5.74) is 1.29. The molecule has 4 rings (SSSR count). The summed E-state index contributed by atoms with van der Waals surface area (Å²) in [6.45, 7) is 0. The minimum atomic E-state index is -3.79. The van der Waals surface area contributed by atoms with Crippen molar-refractivity contribution >= 4 is 38.3 Å². The molecule has 27 heavy (non-hydrogen) atoms. The average Bonchev–Trinajstić information content (AvgIpc) is 3.31. The lowest BCUT2D eigenvalue weighted by Gasteiger charge is -2.10. The Balaban J connectivity index is 1.48. The van der Waals surface area contributed by atoms with Gasteiger partial charge in [0, 0.05) is 11.5 Å². The minimum absolute atomic E-state index is 0.0230. The highest BCUT2D eigenvalue weighted by Gasteiger charge is 2.21. The van der Waals surface area contributed by atoms with Crippen molar-refractivity contribution in [3.63, 3.8) is 0 Å². The molecule has 1 aromatic heterocycles. The van der Waals surface area contributed by atoms with E-state index >= 15 is 0 Å². The van der Waals surface area contributed by atoms with E-state index in [0.29, 0.717) is 11.5 Å². The van der Waals surface area contributed by atoms with Crippen LogP contribution >= 0.6 is 23.1 Å². The van der Waals surface area contributed by atoms with Crippen LogP contribution in [0.2, 0.25) is 5.02 Å². The van der Waals surface area contributed by atoms with Gasteiger partial charge in [-0.1, -0.05) is 23.7 Å². The average molecular weight is 422 g/mol. The van der Waals surface area contributed by atoms with Crippen LogP contribution in [-0.2, 0) is 16.4 Å². The van der Waals surface area contributed by atoms with E-state index < -0.39 is 10.0 Å². The lowest BCUT2D eigenvalue weighted by atomic mass is 10.1. The molecule has 0 atom stereocenters. The molecule has 1 aliphatic carbocycles. The van der Waals surface area contributed by atoms with Gasteiger partial charge in [0.05, 0.1) is 9.92 Å². The first kappa shape index (κ1) is 18.2. The van der Waals surface area contributed by atoms with E-state index in [1.54, 1.807) is 0 Å². The highest BCUT2D eigenvalue weighted by molar-refractivity contribution is 7.93. The Morgan fingerprint density at radius 2 is 1.96 bits per heavy atom. The zero-order valence-electron chi connectivity index (χ0n) is 14.1. The Bertz CT molecular complexity index is 1030. The van der Waals surface area contributed by atoms with Crippen molar-refractivity contribution in [3.8, 4) is 11.5 Å². The fourth-order valence-corrected chi connectivity index (χ4v) is 4.57. The first-order chi connectivity index (χ1) is 13.0. The van der Waals surface area contributed by atoms with Crippen LogP contribution in [-0.4, -0.2) is 17.8 Å². The van der Waals surface area contributed by atoms with Crippen LogP contribution in [0.1, 0.15) is 18.4 Å². The zero-order chi connectivity index (χ0) is 18.9. The van der Waals surface area contributed by atoms with Crippen LogP contribution in [0, 0.1) is 5.92 Å². The van der Waals surface area contributed by atoms with Crippen LogP contribution < -0.4 is 9.46 Å². The van der Waals surface area contributed by atoms with Gasteiger partial charge in [-0.3, -0.25) is 4.72 Å². The fraction of sp³-hybridized carbons (Fsp3) is 0.222. The smallest absolute Gasteiger partial charge is 0.263 e. The van der Waals surface area contributed by atoms with Gasteiger partial charge in [-0.15, -0.1) is 0 Å². The molecule has 1 aliphatic rings. The van der Waals surface area contributed by atoms with Gasteiger partial charge in [0.1, 0.15) is 17.8 Å². The Morgan fingerprint density at radius 3 is 2.59 bits per heavy atom. The van der Waals surface area contributed by atoms with Crippen molar-refractivity contribution in [3.05, 3.63) is 59.4 Å². The summed E-state index contributed by atoms with van der Waals surface area (Å²) in [6.07, 6.45) is 5.02. The normalized spacial score (nSPS) is 14.1. The lowest BCUT2D eigenvalue weighted by Crippen LogP contribution is -2.12. The lowest BCUT2D eigenvalue weighted by molar-refractivity contribution is 0.482. The zero-order valence-corrected chi connectivity index (χ0v) is 16.5. The molecule has 6 nitrogen and oxygen atoms in total. The number of rotatable bonds is 7. The monoisotopic (exact) mass is 421 g/mol. The summed E-state index contributed by atoms with van der Waals surface area (Å²) in [5, 5.41) is 0.398. The maximum Gasteiger partial charge on any atom is 0.263 e. The number of hydrogen-bond acceptors (Lipinski definition) is 6. The third kappa shape index (κ3) is 4.58. The topological polar surface area (TPSA) is 81.2 Å². The molecule has 0 radical (unpaired) electrons. The first-order valence-electron chi connectivity index (χ1n) is 8.35. The molecule has 0 spiro atoms. The van der Waals surface area contributed by atoms with E-state index in [1.807, 2.05) is 24.3 Å². The van der Waals surface area contributed by atoms with Gasteiger partial charge in [-0.25, -0.2) is 13.4 Å². The predicted octanol–water partition coefficient (Wildman–Crippen LogP) is 4.74. The van der Waals surface area contributed by atoms with Crippen LogP contribution in [0.4, 0.5) is 5.13 Å². The number of nitrogens with zero attached hydrogens (tertiary/aromatic N) is 2. The van der Waals surface area contributed by atoms with Gasteiger partial charge in [0.15, 0.2) is 0 Å². The molecule has 0 aliphatic heterocycles. The molecular formula is C18H16ClN3O3S2. The molecule has 2 aromatic carbocycles. The molecule has 1 fully saturated rings. The second-order valence-corrected chi connectivity index (χ2v) is 9.21. The quantitative estimate of drug-likeness (QED) is 0.596. The van der Waals surface area contributed by atoms with Crippen molar-refractivity contribution in [2.24, 2.45) is 5.92 Å². The Kier molecular flexibility index (Phi) is 5.03. The number of aromatic nitrogens is 2. The summed E-state index contributed by atoms with van der Waals surface area (Å²) >= 11 is 7.19. The molecule has 3 aromatic rings. The number of nitrogens with one attached hydrogen (secondary N) is 1. The molecule has 9 heteroatoms. The molecule has 1 heterocycles. The number of halogens is 1. The van der Waals surface area contributed by atoms with E-state index in [0.717, 1.165) is 23.9 Å². The summed E-state index contributed by atoms with van der Waals surface area (Å²) in [6, 6.07) is 12.2. The summed E-state index contributed by atoms with van der Waals surface area (Å²) < 4.78 is 36.7. The highest BCUT2D eigenvalue weighted by Crippen LogP contribution is 2.34. The Morgan fingerprint density at radius 1 is 1.19 bits per heavy atom. The van der Waals surface area contributed by atoms with Crippen molar-refractivity contribution in [2.75, 3.05) is 4.72 Å². The molecule has 1 saturated carbocycles. The number of ether oxygens (including phenoxy) is 1. The van der Waals surface area contributed by atoms with Crippen molar-refractivity contribution in [2.45, 2.75) is 24.2 Å². The molecule has 1 N–H and O–H groups in total. The maximum atomic E-state index is 12.4. The highest BCUT2D eigenvalue weighted by atomic mass is 35.5. The number of sulfonamides is 1. The summed E-state index contributed by atoms with van der Waals surface area (Å²) in [4.78, 5) is 3.83.